The number of halogens is 2. The number of rotatable bonds is 11. The molecular weight excluding hydrogens is 469 g/mol. The molecule has 7 nitrogen and oxygen atoms in total. The van der Waals surface area contributed by atoms with Crippen molar-refractivity contribution in [3.8, 4) is 0 Å². The highest BCUT2D eigenvalue weighted by atomic mass is 35.5. The molecule has 1 atom stereocenters. The molecule has 10 heteroatoms. The number of sulfonamides is 1. The first-order valence-corrected chi connectivity index (χ1v) is 12.8. The van der Waals surface area contributed by atoms with E-state index in [2.05, 4.69) is 5.32 Å². The van der Waals surface area contributed by atoms with Gasteiger partial charge in [0.2, 0.25) is 21.8 Å². The largest absolute Gasteiger partial charge is 0.355 e. The van der Waals surface area contributed by atoms with Crippen molar-refractivity contribution < 1.29 is 22.4 Å². The van der Waals surface area contributed by atoms with Crippen molar-refractivity contribution in [2.75, 3.05) is 23.7 Å². The van der Waals surface area contributed by atoms with Gasteiger partial charge in [-0.1, -0.05) is 35.9 Å². The summed E-state index contributed by atoms with van der Waals surface area (Å²) in [6.45, 7) is 3.72. The Hall–Kier alpha value is -2.65. The Morgan fingerprint density at radius 1 is 1.15 bits per heavy atom. The Bertz CT molecular complexity index is 1080. The van der Waals surface area contributed by atoms with Crippen LogP contribution in [0.1, 0.15) is 32.3 Å². The number of hydrogen-bond acceptors (Lipinski definition) is 4. The van der Waals surface area contributed by atoms with Gasteiger partial charge in [-0.25, -0.2) is 12.8 Å². The van der Waals surface area contributed by atoms with E-state index in [0.29, 0.717) is 22.8 Å². The first kappa shape index (κ1) is 26.6. The summed E-state index contributed by atoms with van der Waals surface area (Å²) in [5.74, 6) is -1.20. The van der Waals surface area contributed by atoms with Crippen LogP contribution in [-0.2, 0) is 26.2 Å². The molecule has 0 saturated carbocycles. The van der Waals surface area contributed by atoms with Gasteiger partial charge in [-0.2, -0.15) is 0 Å². The maximum Gasteiger partial charge on any atom is 0.242 e. The van der Waals surface area contributed by atoms with Crippen molar-refractivity contribution >= 4 is 39.1 Å². The van der Waals surface area contributed by atoms with Gasteiger partial charge < -0.3 is 10.2 Å². The molecule has 0 saturated heterocycles. The lowest BCUT2D eigenvalue weighted by Gasteiger charge is -2.29. The van der Waals surface area contributed by atoms with E-state index in [0.717, 1.165) is 6.26 Å². The number of anilines is 1. The summed E-state index contributed by atoms with van der Waals surface area (Å²) in [5, 5.41) is 3.07. The van der Waals surface area contributed by atoms with Crippen molar-refractivity contribution in [3.05, 3.63) is 64.9 Å². The Kier molecular flexibility index (Phi) is 9.67. The summed E-state index contributed by atoms with van der Waals surface area (Å²) in [6, 6.07) is 11.7. The van der Waals surface area contributed by atoms with Crippen molar-refractivity contribution in [1.82, 2.24) is 10.2 Å². The number of likely N-dealkylation sites (N-methyl/N-ethyl adjacent to an activating group) is 1. The molecule has 0 spiro atoms. The van der Waals surface area contributed by atoms with E-state index in [4.69, 9.17) is 11.6 Å². The predicted molar refractivity (Wildman–Crippen MR) is 128 cm³/mol. The maximum atomic E-state index is 14.2. The molecule has 33 heavy (non-hydrogen) atoms. The fourth-order valence-corrected chi connectivity index (χ4v) is 4.49. The van der Waals surface area contributed by atoms with Crippen LogP contribution in [0.5, 0.6) is 0 Å². The molecule has 2 aromatic rings. The van der Waals surface area contributed by atoms with Crippen molar-refractivity contribution in [2.45, 2.75) is 39.3 Å². The molecule has 0 aromatic heterocycles. The van der Waals surface area contributed by atoms with E-state index in [1.165, 1.54) is 21.3 Å². The number of carbonyl (C=O) groups excluding carboxylic acids is 2. The summed E-state index contributed by atoms with van der Waals surface area (Å²) in [6.07, 6.45) is 1.26. The molecule has 0 fully saturated rings. The number of nitrogens with zero attached hydrogens (tertiary/aromatic N) is 2. The number of nitrogens with one attached hydrogen (secondary N) is 1. The molecule has 2 amide bonds. The van der Waals surface area contributed by atoms with Crippen molar-refractivity contribution in [2.24, 2.45) is 0 Å². The fraction of sp³-hybridized carbons (Fsp3) is 0.391. The average molecular weight is 498 g/mol. The summed E-state index contributed by atoms with van der Waals surface area (Å²) in [4.78, 5) is 26.8. The minimum absolute atomic E-state index is 0.0230. The summed E-state index contributed by atoms with van der Waals surface area (Å²) < 4.78 is 40.0. The first-order chi connectivity index (χ1) is 15.5. The van der Waals surface area contributed by atoms with Crippen LogP contribution in [-0.4, -0.2) is 50.5 Å². The van der Waals surface area contributed by atoms with Crippen molar-refractivity contribution in [1.29, 1.82) is 0 Å². The van der Waals surface area contributed by atoms with Gasteiger partial charge in [-0.05, 0) is 44.5 Å². The summed E-state index contributed by atoms with van der Waals surface area (Å²) in [7, 11) is -3.61. The average Bonchev–Trinajstić information content (AvgIpc) is 2.74. The quantitative estimate of drug-likeness (QED) is 0.514. The van der Waals surface area contributed by atoms with Gasteiger partial charge in [0.05, 0.1) is 11.9 Å². The fourth-order valence-electron chi connectivity index (χ4n) is 3.35. The van der Waals surface area contributed by atoms with Gasteiger partial charge in [0, 0.05) is 36.6 Å². The topological polar surface area (TPSA) is 86.8 Å². The van der Waals surface area contributed by atoms with Crippen molar-refractivity contribution in [3.63, 3.8) is 0 Å². The third-order valence-corrected chi connectivity index (χ3v) is 6.49. The third kappa shape index (κ3) is 7.71. The molecule has 0 bridgehead atoms. The van der Waals surface area contributed by atoms with E-state index in [9.17, 15) is 22.4 Å². The predicted octanol–water partition coefficient (Wildman–Crippen LogP) is 3.58. The molecule has 0 heterocycles. The van der Waals surface area contributed by atoms with Crippen LogP contribution in [0.25, 0.3) is 0 Å². The highest BCUT2D eigenvalue weighted by molar-refractivity contribution is 7.92. The Morgan fingerprint density at radius 3 is 2.45 bits per heavy atom. The molecule has 2 aromatic carbocycles. The van der Waals surface area contributed by atoms with E-state index in [1.54, 1.807) is 50.2 Å². The third-order valence-electron chi connectivity index (χ3n) is 5.07. The molecule has 2 rings (SSSR count). The lowest BCUT2D eigenvalue weighted by Crippen LogP contribution is -2.47. The number of carbonyl (C=O) groups is 2. The second-order valence-electron chi connectivity index (χ2n) is 7.60. The summed E-state index contributed by atoms with van der Waals surface area (Å²) >= 11 is 5.99. The van der Waals surface area contributed by atoms with Gasteiger partial charge in [-0.15, -0.1) is 0 Å². The molecule has 0 unspecified atom stereocenters. The minimum atomic E-state index is -3.61. The normalized spacial score (nSPS) is 12.2. The Balaban J connectivity index is 2.16. The Morgan fingerprint density at radius 2 is 1.85 bits per heavy atom. The van der Waals surface area contributed by atoms with Gasteiger partial charge in [-0.3, -0.25) is 13.9 Å². The molecule has 180 valence electrons. The van der Waals surface area contributed by atoms with Crippen LogP contribution in [0, 0.1) is 5.82 Å². The zero-order valence-electron chi connectivity index (χ0n) is 18.9. The van der Waals surface area contributed by atoms with Gasteiger partial charge in [0.15, 0.2) is 0 Å². The molecule has 0 radical (unpaired) electrons. The van der Waals surface area contributed by atoms with Gasteiger partial charge >= 0.3 is 0 Å². The van der Waals surface area contributed by atoms with Crippen LogP contribution < -0.4 is 9.62 Å². The van der Waals surface area contributed by atoms with Gasteiger partial charge in [0.1, 0.15) is 11.9 Å². The van der Waals surface area contributed by atoms with Crippen LogP contribution >= 0.6 is 11.6 Å². The molecule has 0 aliphatic heterocycles. The zero-order chi connectivity index (χ0) is 24.6. The monoisotopic (exact) mass is 497 g/mol. The standard InChI is InChI=1S/C23H29ClFN3O4S/c1-4-26-23(30)17(2)27(16-18-9-5-6-12-21(18)25)22(29)13-8-14-28(33(3,31)32)20-11-7-10-19(24)15-20/h5-7,9-12,15,17H,4,8,13-14,16H2,1-3H3,(H,26,30)/t17-/m0/s1. The van der Waals surface area contributed by atoms with Gasteiger partial charge in [0.25, 0.3) is 0 Å². The van der Waals surface area contributed by atoms with E-state index in [1.807, 2.05) is 0 Å². The highest BCUT2D eigenvalue weighted by Crippen LogP contribution is 2.22. The van der Waals surface area contributed by atoms with Crippen LogP contribution in [0.4, 0.5) is 10.1 Å². The van der Waals surface area contributed by atoms with E-state index >= 15 is 0 Å². The minimum Gasteiger partial charge on any atom is -0.355 e. The molecular formula is C23H29ClFN3O4S. The van der Waals surface area contributed by atoms with Crippen LogP contribution in [0.15, 0.2) is 48.5 Å². The van der Waals surface area contributed by atoms with E-state index in [-0.39, 0.29) is 37.7 Å². The SMILES string of the molecule is CCNC(=O)[C@H](C)N(Cc1ccccc1F)C(=O)CCCN(c1cccc(Cl)c1)S(C)(=O)=O. The van der Waals surface area contributed by atoms with E-state index < -0.39 is 21.9 Å². The highest BCUT2D eigenvalue weighted by Gasteiger charge is 2.27. The molecule has 0 aliphatic rings. The zero-order valence-corrected chi connectivity index (χ0v) is 20.5. The molecule has 0 aliphatic carbocycles. The smallest absolute Gasteiger partial charge is 0.242 e. The van der Waals surface area contributed by atoms with Crippen LogP contribution in [0.2, 0.25) is 5.02 Å². The summed E-state index contributed by atoms with van der Waals surface area (Å²) in [5.41, 5.74) is 0.690. The number of amides is 2. The lowest BCUT2D eigenvalue weighted by molar-refractivity contribution is -0.140. The number of hydrogen-bond donors (Lipinski definition) is 1. The second kappa shape index (κ2) is 12.0. The first-order valence-electron chi connectivity index (χ1n) is 10.6. The van der Waals surface area contributed by atoms with Crippen LogP contribution in [0.3, 0.4) is 0 Å². The number of benzene rings is 2. The second-order valence-corrected chi connectivity index (χ2v) is 9.95. The Labute approximate surface area is 199 Å². The lowest BCUT2D eigenvalue weighted by atomic mass is 10.1. The maximum absolute atomic E-state index is 14.2. The molecule has 1 N–H and O–H groups in total.